The predicted octanol–water partition coefficient (Wildman–Crippen LogP) is 4.86. The SMILES string of the molecule is CC(=O)C1C(c2cc[c-]cc2)C(C(C)=O)C1c1cc[c-]cc1.[CH2-]C.[CH3-].[Y].[Y]. The summed E-state index contributed by atoms with van der Waals surface area (Å²) in [6.45, 7) is 8.26. The Hall–Kier alpha value is -0.0122. The van der Waals surface area contributed by atoms with Crippen LogP contribution in [0.1, 0.15) is 43.7 Å². The van der Waals surface area contributed by atoms with Crippen LogP contribution in [0.25, 0.3) is 0 Å². The number of rotatable bonds is 4. The van der Waals surface area contributed by atoms with Gasteiger partial charge in [-0.25, -0.2) is 0 Å². The van der Waals surface area contributed by atoms with Gasteiger partial charge in [0.05, 0.1) is 0 Å². The zero-order valence-corrected chi connectivity index (χ0v) is 22.3. The number of benzene rings is 2. The summed E-state index contributed by atoms with van der Waals surface area (Å²) in [5.41, 5.74) is 2.11. The van der Waals surface area contributed by atoms with Crippen molar-refractivity contribution in [3.63, 3.8) is 0 Å². The van der Waals surface area contributed by atoms with Crippen LogP contribution in [-0.2, 0) is 75.0 Å². The van der Waals surface area contributed by atoms with Crippen LogP contribution in [0.5, 0.6) is 0 Å². The van der Waals surface area contributed by atoms with Crippen LogP contribution < -0.4 is 0 Å². The van der Waals surface area contributed by atoms with E-state index in [1.807, 2.05) is 48.5 Å². The smallest absolute Gasteiger partial charge is 0.134 e. The monoisotopic (exact) mass is 512 g/mol. The molecule has 3 rings (SSSR count). The fourth-order valence-corrected chi connectivity index (χ4v) is 3.83. The molecule has 0 unspecified atom stereocenters. The number of carbonyl (C=O) groups excluding carboxylic acids is 2. The van der Waals surface area contributed by atoms with E-state index in [1.54, 1.807) is 20.8 Å². The van der Waals surface area contributed by atoms with Gasteiger partial charge < -0.3 is 14.4 Å². The number of Topliss-reactive ketones (excluding diaryl/α,β-unsaturated/α-hetero) is 2. The third-order valence-electron chi connectivity index (χ3n) is 4.74. The van der Waals surface area contributed by atoms with Gasteiger partial charge in [-0.05, 0) is 25.7 Å². The minimum atomic E-state index is -0.140. The molecule has 0 aliphatic heterocycles. The molecule has 0 spiro atoms. The summed E-state index contributed by atoms with van der Waals surface area (Å²) in [5, 5.41) is 0. The second-order valence-corrected chi connectivity index (χ2v) is 5.99. The molecule has 2 nitrogen and oxygen atoms in total. The first kappa shape index (κ1) is 29.2. The van der Waals surface area contributed by atoms with Crippen LogP contribution in [0.2, 0.25) is 0 Å². The van der Waals surface area contributed by atoms with Crippen molar-refractivity contribution in [1.82, 2.24) is 0 Å². The molecule has 1 aliphatic carbocycles. The van der Waals surface area contributed by atoms with E-state index in [-0.39, 0.29) is 108 Å². The molecular formula is C23H26O2Y2-4. The number of hydrogen-bond donors (Lipinski definition) is 0. The van der Waals surface area contributed by atoms with Gasteiger partial charge in [-0.1, -0.05) is 0 Å². The average Bonchev–Trinajstić information content (AvgIpc) is 2.57. The van der Waals surface area contributed by atoms with Gasteiger partial charge in [0.2, 0.25) is 0 Å². The summed E-state index contributed by atoms with van der Waals surface area (Å²) in [5.74, 6) is -0.0451. The molecule has 1 fully saturated rings. The number of hydrogen-bond acceptors (Lipinski definition) is 2. The Bertz CT molecular complexity index is 617. The molecule has 0 heterocycles. The molecule has 0 N–H and O–H groups in total. The largest absolute Gasteiger partial charge is 0.358 e. The van der Waals surface area contributed by atoms with Crippen LogP contribution in [-0.4, -0.2) is 11.6 Å². The molecule has 1 aliphatic rings. The van der Waals surface area contributed by atoms with Crippen molar-refractivity contribution in [1.29, 1.82) is 0 Å². The summed E-state index contributed by atoms with van der Waals surface area (Å²) >= 11 is 0. The molecule has 0 aromatic heterocycles. The summed E-state index contributed by atoms with van der Waals surface area (Å²) in [7, 11) is 0. The fourth-order valence-electron chi connectivity index (χ4n) is 3.83. The minimum Gasteiger partial charge on any atom is -0.358 e. The third kappa shape index (κ3) is 6.49. The van der Waals surface area contributed by atoms with Crippen molar-refractivity contribution in [2.24, 2.45) is 11.8 Å². The normalized spacial score (nSPS) is 22.2. The van der Waals surface area contributed by atoms with E-state index >= 15 is 0 Å². The van der Waals surface area contributed by atoms with Crippen molar-refractivity contribution >= 4 is 11.6 Å². The first-order valence-corrected chi connectivity index (χ1v) is 8.25. The van der Waals surface area contributed by atoms with Gasteiger partial charge in [0, 0.05) is 77.3 Å². The molecule has 0 atom stereocenters. The van der Waals surface area contributed by atoms with Gasteiger partial charge in [-0.2, -0.15) is 78.7 Å². The van der Waals surface area contributed by atoms with Crippen LogP contribution in [0, 0.1) is 38.3 Å². The Morgan fingerprint density at radius 2 is 1.00 bits per heavy atom. The molecule has 0 amide bonds. The third-order valence-corrected chi connectivity index (χ3v) is 4.74. The van der Waals surface area contributed by atoms with Gasteiger partial charge in [-0.15, -0.1) is 0 Å². The van der Waals surface area contributed by atoms with E-state index in [2.05, 4.69) is 19.1 Å². The molecule has 0 bridgehead atoms. The molecule has 4 heteroatoms. The Balaban J connectivity index is 0. The quantitative estimate of drug-likeness (QED) is 0.549. The van der Waals surface area contributed by atoms with Crippen LogP contribution in [0.3, 0.4) is 0 Å². The fraction of sp³-hybridized carbons (Fsp3) is 0.304. The minimum absolute atomic E-state index is 0. The maximum Gasteiger partial charge on any atom is 0.134 e. The molecule has 27 heavy (non-hydrogen) atoms. The van der Waals surface area contributed by atoms with Crippen molar-refractivity contribution in [3.05, 3.63) is 86.1 Å². The summed E-state index contributed by atoms with van der Waals surface area (Å²) < 4.78 is 0. The van der Waals surface area contributed by atoms with E-state index in [1.165, 1.54) is 0 Å². The van der Waals surface area contributed by atoms with Crippen molar-refractivity contribution < 1.29 is 75.0 Å². The Morgan fingerprint density at radius 1 is 0.741 bits per heavy atom. The van der Waals surface area contributed by atoms with Gasteiger partial charge in [0.25, 0.3) is 0 Å². The van der Waals surface area contributed by atoms with Crippen LogP contribution in [0.4, 0.5) is 0 Å². The predicted molar refractivity (Wildman–Crippen MR) is 102 cm³/mol. The van der Waals surface area contributed by atoms with Gasteiger partial charge in [0.15, 0.2) is 0 Å². The van der Waals surface area contributed by atoms with Crippen LogP contribution >= 0.6 is 0 Å². The summed E-state index contributed by atoms with van der Waals surface area (Å²) in [4.78, 5) is 24.5. The van der Waals surface area contributed by atoms with Gasteiger partial charge in [-0.3, -0.25) is 9.59 Å². The molecule has 2 aromatic rings. The van der Waals surface area contributed by atoms with Crippen molar-refractivity contribution in [2.45, 2.75) is 32.6 Å². The molecule has 2 aromatic carbocycles. The summed E-state index contributed by atoms with van der Waals surface area (Å²) in [6, 6.07) is 21.2. The Kier molecular flexibility index (Phi) is 15.2. The topological polar surface area (TPSA) is 34.1 Å². The molecular weight excluding hydrogens is 486 g/mol. The van der Waals surface area contributed by atoms with E-state index in [9.17, 15) is 9.59 Å². The second kappa shape index (κ2) is 14.0. The van der Waals surface area contributed by atoms with Crippen molar-refractivity contribution in [3.8, 4) is 0 Å². The molecule has 1 saturated carbocycles. The maximum absolute atomic E-state index is 12.2. The number of carbonyl (C=O) groups is 2. The Morgan fingerprint density at radius 3 is 1.22 bits per heavy atom. The Labute approximate surface area is 215 Å². The first-order valence-electron chi connectivity index (χ1n) is 8.25. The van der Waals surface area contributed by atoms with E-state index in [0.717, 1.165) is 11.1 Å². The zero-order valence-electron chi connectivity index (χ0n) is 16.6. The van der Waals surface area contributed by atoms with E-state index < -0.39 is 0 Å². The zero-order chi connectivity index (χ0) is 17.7. The van der Waals surface area contributed by atoms with Crippen molar-refractivity contribution in [2.75, 3.05) is 0 Å². The van der Waals surface area contributed by atoms with E-state index in [0.29, 0.717) is 0 Å². The second-order valence-electron chi connectivity index (χ2n) is 5.99. The molecule has 140 valence electrons. The van der Waals surface area contributed by atoms with E-state index in [4.69, 9.17) is 0 Å². The molecule has 0 saturated heterocycles. The van der Waals surface area contributed by atoms with Crippen LogP contribution in [0.15, 0.2) is 48.5 Å². The number of ketones is 2. The average molecular weight is 512 g/mol. The van der Waals surface area contributed by atoms with Gasteiger partial charge >= 0.3 is 0 Å². The maximum atomic E-state index is 12.2. The standard InChI is InChI=1S/C20H18O2.C2H5.CH3.2Y/c1-13(21)17-19(15-9-5-3-6-10-15)18(14(2)22)20(17)16-11-7-4-8-12-16;1-2;;;/h5-12,17-20H,1-2H3;1H2,2H3;1H3;;/q-2;2*-1;;. The summed E-state index contributed by atoms with van der Waals surface area (Å²) in [6.07, 6.45) is 0. The first-order chi connectivity index (χ1) is 11.6. The molecule has 2 radical (unpaired) electrons. The van der Waals surface area contributed by atoms with Gasteiger partial charge in [0.1, 0.15) is 11.6 Å².